The summed E-state index contributed by atoms with van der Waals surface area (Å²) in [5, 5.41) is 0. The smallest absolute Gasteiger partial charge is 0.415 e. The van der Waals surface area contributed by atoms with Crippen molar-refractivity contribution in [3.8, 4) is 0 Å². The molecule has 0 bridgehead atoms. The average Bonchev–Trinajstić information content (AvgIpc) is 3.68. The van der Waals surface area contributed by atoms with Crippen molar-refractivity contribution in [2.24, 2.45) is 0 Å². The van der Waals surface area contributed by atoms with E-state index in [0.29, 0.717) is 31.4 Å². The minimum Gasteiger partial charge on any atom is -0.467 e. The van der Waals surface area contributed by atoms with Gasteiger partial charge < -0.3 is 19.3 Å². The van der Waals surface area contributed by atoms with Gasteiger partial charge in [0.1, 0.15) is 24.2 Å². The summed E-state index contributed by atoms with van der Waals surface area (Å²) in [4.78, 5) is 60.9. The van der Waals surface area contributed by atoms with Crippen LogP contribution in [-0.2, 0) is 43.2 Å². The first-order valence-electron chi connectivity index (χ1n) is 15.8. The zero-order valence-corrected chi connectivity index (χ0v) is 25.3. The van der Waals surface area contributed by atoms with Crippen LogP contribution >= 0.6 is 0 Å². The predicted octanol–water partition coefficient (Wildman–Crippen LogP) is 4.97. The molecule has 1 saturated heterocycles. The Labute approximate surface area is 262 Å². The molecule has 3 aromatic carbocycles. The van der Waals surface area contributed by atoms with E-state index in [1.165, 1.54) is 12.0 Å². The number of anilines is 1. The van der Waals surface area contributed by atoms with Gasteiger partial charge in [0, 0.05) is 19.4 Å². The fraction of sp³-hybridized carbons (Fsp3) is 0.389. The third-order valence-electron chi connectivity index (χ3n) is 9.89. The number of benzene rings is 3. The largest absolute Gasteiger partial charge is 0.467 e. The summed E-state index contributed by atoms with van der Waals surface area (Å²) in [6, 6.07) is 22.2. The Morgan fingerprint density at radius 3 is 2.07 bits per heavy atom. The molecule has 9 heteroatoms. The van der Waals surface area contributed by atoms with Crippen LogP contribution in [0.15, 0.2) is 78.9 Å². The topological polar surface area (TPSA) is 96.5 Å². The zero-order valence-electron chi connectivity index (χ0n) is 25.3. The van der Waals surface area contributed by atoms with Gasteiger partial charge in [0.05, 0.1) is 18.8 Å². The molecule has 9 nitrogen and oxygen atoms in total. The fourth-order valence-electron chi connectivity index (χ4n) is 7.33. The third-order valence-corrected chi connectivity index (χ3v) is 9.89. The monoisotopic (exact) mass is 607 g/mol. The summed E-state index contributed by atoms with van der Waals surface area (Å²) < 4.78 is 11.0. The Hall–Kier alpha value is -4.66. The number of methoxy groups -OCH3 is 1. The Balaban J connectivity index is 1.24. The van der Waals surface area contributed by atoms with Gasteiger partial charge in [-0.15, -0.1) is 0 Å². The van der Waals surface area contributed by atoms with Gasteiger partial charge in [-0.3, -0.25) is 14.5 Å². The minimum atomic E-state index is -0.854. The van der Waals surface area contributed by atoms with Gasteiger partial charge in [-0.2, -0.15) is 0 Å². The average molecular weight is 608 g/mol. The van der Waals surface area contributed by atoms with E-state index in [1.54, 1.807) is 9.80 Å². The number of likely N-dealkylation sites (tertiary alicyclic amines) is 1. The zero-order chi connectivity index (χ0) is 31.1. The normalized spacial score (nSPS) is 24.0. The molecular formula is C36H37N3O6. The lowest BCUT2D eigenvalue weighted by Gasteiger charge is -2.40. The van der Waals surface area contributed by atoms with E-state index in [-0.39, 0.29) is 30.5 Å². The molecule has 0 N–H and O–H groups in total. The molecule has 3 aromatic rings. The number of rotatable bonds is 5. The quantitative estimate of drug-likeness (QED) is 0.381. The van der Waals surface area contributed by atoms with Crippen LogP contribution in [0.25, 0.3) is 0 Å². The van der Waals surface area contributed by atoms with E-state index in [9.17, 15) is 19.2 Å². The number of para-hydroxylation sites is 1. The number of hydrogen-bond acceptors (Lipinski definition) is 6. The lowest BCUT2D eigenvalue weighted by atomic mass is 9.93. The van der Waals surface area contributed by atoms with Gasteiger partial charge in [0.2, 0.25) is 11.8 Å². The highest BCUT2D eigenvalue weighted by Gasteiger charge is 2.50. The van der Waals surface area contributed by atoms with Gasteiger partial charge in [0.25, 0.3) is 0 Å². The standard InChI is InChI=1S/C36H37N3O6/c1-44-35(42)32-20-24-12-5-6-14-26(24)22-37(32)33(40)30-19-18-29(23-10-3-2-4-11-23)38(30)34(41)31-21-25-13-7-8-17-28(25)39(31)36(43)45-27-15-9-16-27/h2-8,10-14,17,27,29-32H,9,15-16,18-22H2,1H3/t29-,30+,31+,32+/m0/s1. The predicted molar refractivity (Wildman–Crippen MR) is 166 cm³/mol. The number of esters is 1. The maximum atomic E-state index is 14.9. The molecule has 4 aliphatic rings. The van der Waals surface area contributed by atoms with Crippen molar-refractivity contribution < 1.29 is 28.7 Å². The molecule has 45 heavy (non-hydrogen) atoms. The SMILES string of the molecule is COC(=O)[C@H]1Cc2ccccc2CN1C(=O)[C@H]1CC[C@@H](c2ccccc2)N1C(=O)[C@H]1Cc2ccccc2N1C(=O)OC1CCC1. The van der Waals surface area contributed by atoms with E-state index in [0.717, 1.165) is 41.5 Å². The lowest BCUT2D eigenvalue weighted by molar-refractivity contribution is -0.157. The summed E-state index contributed by atoms with van der Waals surface area (Å²) in [6.07, 6.45) is 3.66. The molecular weight excluding hydrogens is 570 g/mol. The number of amides is 3. The fourth-order valence-corrected chi connectivity index (χ4v) is 7.33. The molecule has 7 rings (SSSR count). The summed E-state index contributed by atoms with van der Waals surface area (Å²) in [5.41, 5.74) is 4.45. The molecule has 232 valence electrons. The van der Waals surface area contributed by atoms with Crippen molar-refractivity contribution in [3.63, 3.8) is 0 Å². The van der Waals surface area contributed by atoms with E-state index in [2.05, 4.69) is 0 Å². The molecule has 0 unspecified atom stereocenters. The maximum absolute atomic E-state index is 14.9. The highest BCUT2D eigenvalue weighted by Crippen LogP contribution is 2.42. The molecule has 0 spiro atoms. The number of fused-ring (bicyclic) bond motifs is 2. The van der Waals surface area contributed by atoms with Crippen LogP contribution in [0.5, 0.6) is 0 Å². The Morgan fingerprint density at radius 1 is 0.689 bits per heavy atom. The summed E-state index contributed by atoms with van der Waals surface area (Å²) in [7, 11) is 1.33. The number of carbonyl (C=O) groups is 4. The number of hydrogen-bond donors (Lipinski definition) is 0. The Bertz CT molecular complexity index is 1620. The number of nitrogens with zero attached hydrogens (tertiary/aromatic N) is 3. The molecule has 3 heterocycles. The van der Waals surface area contributed by atoms with Gasteiger partial charge >= 0.3 is 12.1 Å². The molecule has 3 amide bonds. The van der Waals surface area contributed by atoms with E-state index in [4.69, 9.17) is 9.47 Å². The third kappa shape index (κ3) is 5.24. The van der Waals surface area contributed by atoms with Crippen molar-refractivity contribution in [2.45, 2.75) is 81.8 Å². The molecule has 1 aliphatic carbocycles. The first-order chi connectivity index (χ1) is 21.9. The summed E-state index contributed by atoms with van der Waals surface area (Å²) in [5.74, 6) is -1.07. The van der Waals surface area contributed by atoms with E-state index >= 15 is 0 Å². The van der Waals surface area contributed by atoms with Gasteiger partial charge in [-0.05, 0) is 60.4 Å². The van der Waals surface area contributed by atoms with Crippen molar-refractivity contribution in [1.29, 1.82) is 0 Å². The van der Waals surface area contributed by atoms with Crippen LogP contribution in [0, 0.1) is 0 Å². The van der Waals surface area contributed by atoms with E-state index < -0.39 is 30.2 Å². The van der Waals surface area contributed by atoms with Crippen LogP contribution in [0.1, 0.15) is 60.4 Å². The van der Waals surface area contributed by atoms with Crippen molar-refractivity contribution in [2.75, 3.05) is 12.0 Å². The minimum absolute atomic E-state index is 0.142. The van der Waals surface area contributed by atoms with Gasteiger partial charge in [0.15, 0.2) is 0 Å². The van der Waals surface area contributed by atoms with Crippen molar-refractivity contribution >= 4 is 29.6 Å². The molecule has 3 aliphatic heterocycles. The Kier molecular flexibility index (Phi) is 7.77. The lowest BCUT2D eigenvalue weighted by Crippen LogP contribution is -2.58. The van der Waals surface area contributed by atoms with Crippen LogP contribution in [0.2, 0.25) is 0 Å². The van der Waals surface area contributed by atoms with Crippen LogP contribution < -0.4 is 4.90 Å². The van der Waals surface area contributed by atoms with Gasteiger partial charge in [-0.25, -0.2) is 9.59 Å². The molecule has 2 fully saturated rings. The van der Waals surface area contributed by atoms with Gasteiger partial charge in [-0.1, -0.05) is 72.8 Å². The Morgan fingerprint density at radius 2 is 1.36 bits per heavy atom. The van der Waals surface area contributed by atoms with Crippen LogP contribution in [0.4, 0.5) is 10.5 Å². The second-order valence-electron chi connectivity index (χ2n) is 12.4. The second-order valence-corrected chi connectivity index (χ2v) is 12.4. The second kappa shape index (κ2) is 12.0. The molecule has 4 atom stereocenters. The van der Waals surface area contributed by atoms with Crippen LogP contribution in [-0.4, -0.2) is 65.0 Å². The summed E-state index contributed by atoms with van der Waals surface area (Å²) >= 11 is 0. The number of carbonyl (C=O) groups excluding carboxylic acids is 4. The first-order valence-corrected chi connectivity index (χ1v) is 15.8. The van der Waals surface area contributed by atoms with Crippen molar-refractivity contribution in [1.82, 2.24) is 9.80 Å². The van der Waals surface area contributed by atoms with Crippen LogP contribution in [0.3, 0.4) is 0 Å². The highest BCUT2D eigenvalue weighted by atomic mass is 16.6. The number of ether oxygens (including phenoxy) is 2. The molecule has 0 aromatic heterocycles. The molecule has 1 saturated carbocycles. The molecule has 0 radical (unpaired) electrons. The van der Waals surface area contributed by atoms with E-state index in [1.807, 2.05) is 78.9 Å². The first kappa shape index (κ1) is 29.1. The maximum Gasteiger partial charge on any atom is 0.415 e. The summed E-state index contributed by atoms with van der Waals surface area (Å²) in [6.45, 7) is 0.248. The van der Waals surface area contributed by atoms with Crippen molar-refractivity contribution in [3.05, 3.63) is 101 Å². The highest BCUT2D eigenvalue weighted by molar-refractivity contribution is 6.02.